The minimum atomic E-state index is -0.0341. The number of carbonyl (C=O) groups is 1. The van der Waals surface area contributed by atoms with Gasteiger partial charge in [0.15, 0.2) is 0 Å². The first-order valence-electron chi connectivity index (χ1n) is 8.09. The molecule has 3 aromatic rings. The van der Waals surface area contributed by atoms with Gasteiger partial charge in [0.05, 0.1) is 11.3 Å². The lowest BCUT2D eigenvalue weighted by molar-refractivity contribution is 0.0827. The molecule has 0 aliphatic rings. The van der Waals surface area contributed by atoms with Crippen molar-refractivity contribution in [3.05, 3.63) is 47.3 Å². The van der Waals surface area contributed by atoms with E-state index in [2.05, 4.69) is 25.5 Å². The molecule has 4 N–H and O–H groups in total. The standard InChI is InChI=1S/C18H21N7O/c1-10-7-12(5-6-13(10)17(26)25(3)4)21-18-20-9-14(16(19)22-18)15-8-11(2)23-24-15/h5-9H,1-4H3,(H,23,24)(H3,19,20,21,22). The van der Waals surface area contributed by atoms with Crippen molar-refractivity contribution >= 4 is 23.4 Å². The van der Waals surface area contributed by atoms with E-state index in [1.807, 2.05) is 32.0 Å². The van der Waals surface area contributed by atoms with Crippen molar-refractivity contribution < 1.29 is 4.79 Å². The van der Waals surface area contributed by atoms with Gasteiger partial charge in [0, 0.05) is 37.2 Å². The number of hydrogen-bond acceptors (Lipinski definition) is 6. The Hall–Kier alpha value is -3.42. The highest BCUT2D eigenvalue weighted by Crippen LogP contribution is 2.25. The number of aromatic amines is 1. The summed E-state index contributed by atoms with van der Waals surface area (Å²) in [6.07, 6.45) is 1.64. The number of nitrogens with one attached hydrogen (secondary N) is 2. The van der Waals surface area contributed by atoms with Crippen LogP contribution in [0.2, 0.25) is 0 Å². The highest BCUT2D eigenvalue weighted by atomic mass is 16.2. The molecule has 0 saturated heterocycles. The lowest BCUT2D eigenvalue weighted by Crippen LogP contribution is -2.22. The van der Waals surface area contributed by atoms with Crippen LogP contribution in [0, 0.1) is 13.8 Å². The van der Waals surface area contributed by atoms with Crippen molar-refractivity contribution in [1.82, 2.24) is 25.1 Å². The molecule has 2 aromatic heterocycles. The lowest BCUT2D eigenvalue weighted by Gasteiger charge is -2.14. The van der Waals surface area contributed by atoms with Gasteiger partial charge in [0.2, 0.25) is 5.95 Å². The number of rotatable bonds is 4. The van der Waals surface area contributed by atoms with E-state index in [-0.39, 0.29) is 5.91 Å². The molecule has 0 radical (unpaired) electrons. The van der Waals surface area contributed by atoms with E-state index in [0.717, 1.165) is 16.9 Å². The molecule has 0 spiro atoms. The maximum atomic E-state index is 12.1. The fraction of sp³-hybridized carbons (Fsp3) is 0.222. The molecule has 0 saturated carbocycles. The van der Waals surface area contributed by atoms with Crippen LogP contribution in [-0.2, 0) is 0 Å². The van der Waals surface area contributed by atoms with E-state index in [0.29, 0.717) is 28.6 Å². The summed E-state index contributed by atoms with van der Waals surface area (Å²) in [4.78, 5) is 22.3. The van der Waals surface area contributed by atoms with Crippen LogP contribution in [0.15, 0.2) is 30.5 Å². The van der Waals surface area contributed by atoms with E-state index >= 15 is 0 Å². The van der Waals surface area contributed by atoms with Crippen molar-refractivity contribution in [3.63, 3.8) is 0 Å². The van der Waals surface area contributed by atoms with Gasteiger partial charge in [0.1, 0.15) is 5.82 Å². The second kappa shape index (κ2) is 6.83. The molecular weight excluding hydrogens is 330 g/mol. The molecule has 8 nitrogen and oxygen atoms in total. The predicted octanol–water partition coefficient (Wildman–Crippen LogP) is 2.51. The van der Waals surface area contributed by atoms with Crippen LogP contribution in [0.25, 0.3) is 11.3 Å². The molecule has 0 atom stereocenters. The zero-order chi connectivity index (χ0) is 18.8. The van der Waals surface area contributed by atoms with Crippen LogP contribution in [0.1, 0.15) is 21.6 Å². The Morgan fingerprint density at radius 3 is 2.58 bits per heavy atom. The van der Waals surface area contributed by atoms with Gasteiger partial charge in [-0.1, -0.05) is 0 Å². The van der Waals surface area contributed by atoms with Crippen LogP contribution >= 0.6 is 0 Å². The van der Waals surface area contributed by atoms with Crippen LogP contribution in [0.4, 0.5) is 17.5 Å². The normalized spacial score (nSPS) is 10.6. The average Bonchev–Trinajstić information content (AvgIpc) is 3.00. The minimum Gasteiger partial charge on any atom is -0.383 e. The molecule has 0 bridgehead atoms. The number of H-pyrrole nitrogens is 1. The number of nitrogens with zero attached hydrogens (tertiary/aromatic N) is 4. The van der Waals surface area contributed by atoms with E-state index in [9.17, 15) is 4.79 Å². The zero-order valence-corrected chi connectivity index (χ0v) is 15.2. The SMILES string of the molecule is Cc1cc(-c2cnc(Nc3ccc(C(=O)N(C)C)c(C)c3)nc2N)n[nH]1. The minimum absolute atomic E-state index is 0.0341. The van der Waals surface area contributed by atoms with Gasteiger partial charge in [-0.3, -0.25) is 9.89 Å². The summed E-state index contributed by atoms with van der Waals surface area (Å²) >= 11 is 0. The van der Waals surface area contributed by atoms with Crippen molar-refractivity contribution in [1.29, 1.82) is 0 Å². The molecule has 134 valence electrons. The third-order valence-electron chi connectivity index (χ3n) is 3.92. The van der Waals surface area contributed by atoms with Crippen LogP contribution in [-0.4, -0.2) is 45.1 Å². The maximum absolute atomic E-state index is 12.1. The smallest absolute Gasteiger partial charge is 0.253 e. The second-order valence-electron chi connectivity index (χ2n) is 6.28. The summed E-state index contributed by atoms with van der Waals surface area (Å²) in [7, 11) is 3.46. The maximum Gasteiger partial charge on any atom is 0.253 e. The van der Waals surface area contributed by atoms with E-state index in [1.165, 1.54) is 0 Å². The van der Waals surface area contributed by atoms with E-state index < -0.39 is 0 Å². The third kappa shape index (κ3) is 3.49. The van der Waals surface area contributed by atoms with Gasteiger partial charge in [-0.25, -0.2) is 4.98 Å². The Labute approximate surface area is 151 Å². The topological polar surface area (TPSA) is 113 Å². The van der Waals surface area contributed by atoms with Gasteiger partial charge < -0.3 is 16.0 Å². The molecule has 3 rings (SSSR count). The molecule has 0 unspecified atom stereocenters. The van der Waals surface area contributed by atoms with Gasteiger partial charge in [-0.05, 0) is 43.7 Å². The molecule has 1 amide bonds. The molecule has 1 aromatic carbocycles. The number of amides is 1. The summed E-state index contributed by atoms with van der Waals surface area (Å²) in [6, 6.07) is 7.35. The Bertz CT molecular complexity index is 962. The van der Waals surface area contributed by atoms with Crippen molar-refractivity contribution in [2.45, 2.75) is 13.8 Å². The lowest BCUT2D eigenvalue weighted by atomic mass is 10.1. The van der Waals surface area contributed by atoms with Crippen LogP contribution in [0.3, 0.4) is 0 Å². The monoisotopic (exact) mass is 351 g/mol. The fourth-order valence-electron chi connectivity index (χ4n) is 2.56. The second-order valence-corrected chi connectivity index (χ2v) is 6.28. The molecule has 0 fully saturated rings. The Morgan fingerprint density at radius 1 is 1.23 bits per heavy atom. The zero-order valence-electron chi connectivity index (χ0n) is 15.2. The summed E-state index contributed by atoms with van der Waals surface area (Å²) in [5.41, 5.74) is 10.7. The number of carbonyl (C=O) groups excluding carboxylic acids is 1. The van der Waals surface area contributed by atoms with Crippen molar-refractivity contribution in [3.8, 4) is 11.3 Å². The summed E-state index contributed by atoms with van der Waals surface area (Å²) in [5.74, 6) is 0.683. The van der Waals surface area contributed by atoms with Crippen LogP contribution in [0.5, 0.6) is 0 Å². The first-order chi connectivity index (χ1) is 12.3. The number of hydrogen-bond donors (Lipinski definition) is 3. The van der Waals surface area contributed by atoms with Crippen molar-refractivity contribution in [2.24, 2.45) is 0 Å². The highest BCUT2D eigenvalue weighted by molar-refractivity contribution is 5.95. The van der Waals surface area contributed by atoms with E-state index in [4.69, 9.17) is 5.73 Å². The fourth-order valence-corrected chi connectivity index (χ4v) is 2.56. The van der Waals surface area contributed by atoms with Gasteiger partial charge in [-0.2, -0.15) is 10.1 Å². The molecule has 2 heterocycles. The molecule has 26 heavy (non-hydrogen) atoms. The third-order valence-corrected chi connectivity index (χ3v) is 3.92. The Kier molecular flexibility index (Phi) is 4.57. The number of aryl methyl sites for hydroxylation is 2. The number of benzene rings is 1. The summed E-state index contributed by atoms with van der Waals surface area (Å²) in [6.45, 7) is 3.80. The van der Waals surface area contributed by atoms with Gasteiger partial charge >= 0.3 is 0 Å². The predicted molar refractivity (Wildman–Crippen MR) is 101 cm³/mol. The molecule has 0 aliphatic heterocycles. The number of nitrogen functional groups attached to an aromatic ring is 1. The Balaban J connectivity index is 1.82. The largest absolute Gasteiger partial charge is 0.383 e. The number of aromatic nitrogens is 4. The molecule has 8 heteroatoms. The van der Waals surface area contributed by atoms with E-state index in [1.54, 1.807) is 31.3 Å². The number of nitrogens with two attached hydrogens (primary N) is 1. The molecular formula is C18H21N7O. The quantitative estimate of drug-likeness (QED) is 0.666. The van der Waals surface area contributed by atoms with Gasteiger partial charge in [0.25, 0.3) is 5.91 Å². The first kappa shape index (κ1) is 17.4. The Morgan fingerprint density at radius 2 is 2.00 bits per heavy atom. The first-order valence-corrected chi connectivity index (χ1v) is 8.09. The average molecular weight is 351 g/mol. The van der Waals surface area contributed by atoms with Gasteiger partial charge in [-0.15, -0.1) is 0 Å². The highest BCUT2D eigenvalue weighted by Gasteiger charge is 2.13. The summed E-state index contributed by atoms with van der Waals surface area (Å²) < 4.78 is 0. The van der Waals surface area contributed by atoms with Crippen molar-refractivity contribution in [2.75, 3.05) is 25.1 Å². The molecule has 0 aliphatic carbocycles. The summed E-state index contributed by atoms with van der Waals surface area (Å²) in [5, 5.41) is 10.2. The number of anilines is 3. The van der Waals surface area contributed by atoms with Crippen LogP contribution < -0.4 is 11.1 Å².